The molecule has 0 aliphatic rings. The van der Waals surface area contributed by atoms with E-state index in [1.165, 1.54) is 5.56 Å². The van der Waals surface area contributed by atoms with Crippen molar-refractivity contribution in [1.82, 2.24) is 9.97 Å². The minimum absolute atomic E-state index is 0.170. The van der Waals surface area contributed by atoms with Gasteiger partial charge in [-0.2, -0.15) is 0 Å². The molecule has 0 amide bonds. The first kappa shape index (κ1) is 12.6. The van der Waals surface area contributed by atoms with Gasteiger partial charge in [0.2, 0.25) is 0 Å². The predicted molar refractivity (Wildman–Crippen MR) is 74.5 cm³/mol. The van der Waals surface area contributed by atoms with Crippen LogP contribution in [0.4, 0.5) is 5.82 Å². The molecule has 0 radical (unpaired) electrons. The maximum Gasteiger partial charge on any atom is 0.131 e. The van der Waals surface area contributed by atoms with Crippen molar-refractivity contribution in [1.29, 1.82) is 0 Å². The Morgan fingerprint density at radius 1 is 1.33 bits per heavy atom. The highest BCUT2D eigenvalue weighted by atomic mass is 32.1. The summed E-state index contributed by atoms with van der Waals surface area (Å²) in [6, 6.07) is 9.93. The molecule has 0 aliphatic heterocycles. The van der Waals surface area contributed by atoms with E-state index in [9.17, 15) is 0 Å². The predicted octanol–water partition coefficient (Wildman–Crippen LogP) is 3.32. The Balaban J connectivity index is 2.11. The van der Waals surface area contributed by atoms with Gasteiger partial charge in [0.15, 0.2) is 0 Å². The van der Waals surface area contributed by atoms with Crippen LogP contribution in [-0.4, -0.2) is 17.1 Å². The average Bonchev–Trinajstić information content (AvgIpc) is 2.39. The van der Waals surface area contributed by atoms with Gasteiger partial charge in [-0.25, -0.2) is 4.98 Å². The summed E-state index contributed by atoms with van der Waals surface area (Å²) in [6.07, 6.45) is 1.59. The molecule has 1 unspecified atom stereocenters. The molecule has 0 spiro atoms. The molecular weight excluding hydrogens is 246 g/mol. The summed E-state index contributed by atoms with van der Waals surface area (Å²) in [5, 5.41) is 3.33. The summed E-state index contributed by atoms with van der Waals surface area (Å²) in [6.45, 7) is 2.08. The minimum Gasteiger partial charge on any atom is -0.497 e. The second kappa shape index (κ2) is 5.64. The Hall–Kier alpha value is -1.88. The van der Waals surface area contributed by atoms with Gasteiger partial charge in [0.25, 0.3) is 0 Å². The van der Waals surface area contributed by atoms with E-state index in [1.54, 1.807) is 19.5 Å². The Morgan fingerprint density at radius 3 is 2.67 bits per heavy atom. The van der Waals surface area contributed by atoms with E-state index in [0.29, 0.717) is 4.64 Å². The van der Waals surface area contributed by atoms with E-state index in [4.69, 9.17) is 17.0 Å². The van der Waals surface area contributed by atoms with E-state index in [0.717, 1.165) is 11.6 Å². The molecule has 18 heavy (non-hydrogen) atoms. The number of hydrogen-bond donors (Lipinski definition) is 2. The summed E-state index contributed by atoms with van der Waals surface area (Å²) >= 11 is 5.01. The molecule has 2 rings (SSSR count). The maximum absolute atomic E-state index is 5.13. The molecule has 1 heterocycles. The number of benzene rings is 1. The fraction of sp³-hybridized carbons (Fsp3) is 0.231. The summed E-state index contributed by atoms with van der Waals surface area (Å²) in [4.78, 5) is 6.96. The number of hydrogen-bond acceptors (Lipinski definition) is 4. The van der Waals surface area contributed by atoms with Gasteiger partial charge < -0.3 is 15.0 Å². The Bertz CT molecular complexity index is 565. The number of H-pyrrole nitrogens is 1. The van der Waals surface area contributed by atoms with Crippen LogP contribution in [0.1, 0.15) is 18.5 Å². The Labute approximate surface area is 111 Å². The number of nitrogens with zero attached hydrogens (tertiary/aromatic N) is 1. The van der Waals surface area contributed by atoms with Crippen LogP contribution in [-0.2, 0) is 0 Å². The zero-order chi connectivity index (χ0) is 13.0. The van der Waals surface area contributed by atoms with Crippen LogP contribution in [0.5, 0.6) is 5.75 Å². The largest absolute Gasteiger partial charge is 0.497 e. The zero-order valence-corrected chi connectivity index (χ0v) is 11.1. The molecule has 0 saturated heterocycles. The van der Waals surface area contributed by atoms with Crippen molar-refractivity contribution in [2.24, 2.45) is 0 Å². The van der Waals surface area contributed by atoms with Gasteiger partial charge in [0.1, 0.15) is 16.2 Å². The molecule has 4 nitrogen and oxygen atoms in total. The molecule has 0 aliphatic carbocycles. The number of aromatic amines is 1. The zero-order valence-electron chi connectivity index (χ0n) is 10.3. The molecule has 0 fully saturated rings. The van der Waals surface area contributed by atoms with Crippen LogP contribution < -0.4 is 10.1 Å². The van der Waals surface area contributed by atoms with Crippen LogP contribution >= 0.6 is 12.2 Å². The Kier molecular flexibility index (Phi) is 3.94. The first-order valence-corrected chi connectivity index (χ1v) is 6.05. The highest BCUT2D eigenvalue weighted by molar-refractivity contribution is 7.71. The molecule has 5 heteroatoms. The third-order valence-corrected chi connectivity index (χ3v) is 2.89. The van der Waals surface area contributed by atoms with Gasteiger partial charge in [-0.1, -0.05) is 24.4 Å². The normalized spacial score (nSPS) is 11.9. The van der Waals surface area contributed by atoms with E-state index >= 15 is 0 Å². The van der Waals surface area contributed by atoms with Crippen molar-refractivity contribution in [2.45, 2.75) is 13.0 Å². The fourth-order valence-electron chi connectivity index (χ4n) is 1.66. The Morgan fingerprint density at radius 2 is 2.06 bits per heavy atom. The van der Waals surface area contributed by atoms with E-state index < -0.39 is 0 Å². The van der Waals surface area contributed by atoms with Gasteiger partial charge in [-0.15, -0.1) is 0 Å². The molecule has 0 bridgehead atoms. The van der Waals surface area contributed by atoms with Crippen molar-refractivity contribution >= 4 is 18.0 Å². The topological polar surface area (TPSA) is 49.9 Å². The smallest absolute Gasteiger partial charge is 0.131 e. The van der Waals surface area contributed by atoms with Gasteiger partial charge in [-0.3, -0.25) is 0 Å². The molecule has 0 saturated carbocycles. The van der Waals surface area contributed by atoms with Gasteiger partial charge >= 0.3 is 0 Å². The molecule has 2 aromatic rings. The van der Waals surface area contributed by atoms with E-state index in [2.05, 4.69) is 22.2 Å². The lowest BCUT2D eigenvalue weighted by Gasteiger charge is -2.15. The van der Waals surface area contributed by atoms with Crippen molar-refractivity contribution in [3.8, 4) is 5.75 Å². The third kappa shape index (κ3) is 3.07. The number of methoxy groups -OCH3 is 1. The van der Waals surface area contributed by atoms with E-state index in [-0.39, 0.29) is 6.04 Å². The minimum atomic E-state index is 0.170. The van der Waals surface area contributed by atoms with Crippen LogP contribution in [0.2, 0.25) is 0 Å². The average molecular weight is 261 g/mol. The quantitative estimate of drug-likeness (QED) is 0.829. The third-order valence-electron chi connectivity index (χ3n) is 2.67. The number of anilines is 1. The lowest BCUT2D eigenvalue weighted by Crippen LogP contribution is -2.07. The summed E-state index contributed by atoms with van der Waals surface area (Å²) in [5.41, 5.74) is 1.17. The monoisotopic (exact) mass is 261 g/mol. The van der Waals surface area contributed by atoms with Gasteiger partial charge in [0, 0.05) is 12.1 Å². The van der Waals surface area contributed by atoms with Crippen molar-refractivity contribution in [3.63, 3.8) is 0 Å². The second-order valence-corrected chi connectivity index (χ2v) is 4.36. The highest BCUT2D eigenvalue weighted by Crippen LogP contribution is 2.20. The van der Waals surface area contributed by atoms with Gasteiger partial charge in [-0.05, 0) is 24.6 Å². The number of rotatable bonds is 4. The summed E-state index contributed by atoms with van der Waals surface area (Å²) in [7, 11) is 1.66. The van der Waals surface area contributed by atoms with Crippen LogP contribution in [0, 0.1) is 4.64 Å². The van der Waals surface area contributed by atoms with Crippen molar-refractivity contribution < 1.29 is 4.74 Å². The molecular formula is C13H15N3OS. The molecule has 1 aromatic carbocycles. The second-order valence-electron chi connectivity index (χ2n) is 3.94. The lowest BCUT2D eigenvalue weighted by atomic mass is 10.1. The summed E-state index contributed by atoms with van der Waals surface area (Å²) in [5.74, 6) is 1.72. The maximum atomic E-state index is 5.13. The number of ether oxygens (including phenoxy) is 1. The van der Waals surface area contributed by atoms with Crippen LogP contribution in [0.15, 0.2) is 36.7 Å². The van der Waals surface area contributed by atoms with E-state index in [1.807, 2.05) is 24.3 Å². The van der Waals surface area contributed by atoms with Crippen molar-refractivity contribution in [2.75, 3.05) is 12.4 Å². The fourth-order valence-corrected chi connectivity index (χ4v) is 1.83. The SMILES string of the molecule is COc1ccc(C(C)Nc2cc(=S)nc[nH]2)cc1. The standard InChI is InChI=1S/C13H15N3OS/c1-9(10-3-5-11(17-2)6-4-10)16-12-7-13(18)15-8-14-12/h3-9H,1-2H3,(H2,14,15,16,18). The molecule has 2 N–H and O–H groups in total. The number of aromatic nitrogens is 2. The summed E-state index contributed by atoms with van der Waals surface area (Å²) < 4.78 is 5.70. The molecule has 1 aromatic heterocycles. The molecule has 1 atom stereocenters. The van der Waals surface area contributed by atoms with Gasteiger partial charge in [0.05, 0.1) is 13.4 Å². The first-order valence-electron chi connectivity index (χ1n) is 5.64. The van der Waals surface area contributed by atoms with Crippen LogP contribution in [0.3, 0.4) is 0 Å². The molecule has 94 valence electrons. The number of nitrogens with one attached hydrogen (secondary N) is 2. The van der Waals surface area contributed by atoms with Crippen LogP contribution in [0.25, 0.3) is 0 Å². The lowest BCUT2D eigenvalue weighted by molar-refractivity contribution is 0.414. The first-order chi connectivity index (χ1) is 8.69. The highest BCUT2D eigenvalue weighted by Gasteiger charge is 2.05. The van der Waals surface area contributed by atoms with Crippen molar-refractivity contribution in [3.05, 3.63) is 46.9 Å².